The lowest BCUT2D eigenvalue weighted by atomic mass is 10.2. The number of nitriles is 1. The Morgan fingerprint density at radius 1 is 1.56 bits per heavy atom. The summed E-state index contributed by atoms with van der Waals surface area (Å²) < 4.78 is 0. The molecule has 1 saturated carbocycles. The zero-order chi connectivity index (χ0) is 11.5. The van der Waals surface area contributed by atoms with Crippen molar-refractivity contribution >= 4 is 11.5 Å². The zero-order valence-electron chi connectivity index (χ0n) is 9.31. The van der Waals surface area contributed by atoms with Gasteiger partial charge in [0.15, 0.2) is 5.78 Å². The van der Waals surface area contributed by atoms with Crippen molar-refractivity contribution in [1.82, 2.24) is 0 Å². The van der Waals surface area contributed by atoms with E-state index in [9.17, 15) is 4.79 Å². The van der Waals surface area contributed by atoms with Crippen LogP contribution in [0.1, 0.15) is 18.4 Å². The van der Waals surface area contributed by atoms with Crippen molar-refractivity contribution in [2.45, 2.75) is 12.8 Å². The van der Waals surface area contributed by atoms with Gasteiger partial charge in [0.05, 0.1) is 18.2 Å². The second-order valence-electron chi connectivity index (χ2n) is 4.26. The molecule has 0 aromatic heterocycles. The fourth-order valence-corrected chi connectivity index (χ4v) is 1.67. The highest BCUT2D eigenvalue weighted by Crippen LogP contribution is 2.30. The first-order valence-corrected chi connectivity index (χ1v) is 5.44. The van der Waals surface area contributed by atoms with Crippen LogP contribution in [-0.4, -0.2) is 19.4 Å². The standard InChI is InChI=1S/C13H14N2O/c1-15(9-13(16)11-5-6-11)12-4-2-3-10(7-12)8-14/h2-4,7,11H,5-6,9H2,1H3. The van der Waals surface area contributed by atoms with Gasteiger partial charge in [-0.3, -0.25) is 4.79 Å². The van der Waals surface area contributed by atoms with Gasteiger partial charge in [0.25, 0.3) is 0 Å². The van der Waals surface area contributed by atoms with E-state index < -0.39 is 0 Å². The number of rotatable bonds is 4. The number of benzene rings is 1. The predicted octanol–water partition coefficient (Wildman–Crippen LogP) is 1.97. The molecule has 16 heavy (non-hydrogen) atoms. The van der Waals surface area contributed by atoms with Crippen molar-refractivity contribution < 1.29 is 4.79 Å². The minimum Gasteiger partial charge on any atom is -0.367 e. The van der Waals surface area contributed by atoms with Gasteiger partial charge >= 0.3 is 0 Å². The lowest BCUT2D eigenvalue weighted by Crippen LogP contribution is -2.26. The minimum atomic E-state index is 0.293. The molecular formula is C13H14N2O. The second-order valence-corrected chi connectivity index (χ2v) is 4.26. The van der Waals surface area contributed by atoms with Crippen LogP contribution in [0.3, 0.4) is 0 Å². The van der Waals surface area contributed by atoms with E-state index in [1.54, 1.807) is 12.1 Å². The van der Waals surface area contributed by atoms with Crippen molar-refractivity contribution in [3.05, 3.63) is 29.8 Å². The number of carbonyl (C=O) groups is 1. The lowest BCUT2D eigenvalue weighted by Gasteiger charge is -2.18. The lowest BCUT2D eigenvalue weighted by molar-refractivity contribution is -0.118. The highest BCUT2D eigenvalue weighted by atomic mass is 16.1. The molecule has 0 N–H and O–H groups in total. The molecule has 0 amide bonds. The average molecular weight is 214 g/mol. The minimum absolute atomic E-state index is 0.293. The summed E-state index contributed by atoms with van der Waals surface area (Å²) in [7, 11) is 1.89. The maximum atomic E-state index is 11.6. The summed E-state index contributed by atoms with van der Waals surface area (Å²) >= 11 is 0. The Labute approximate surface area is 95.3 Å². The van der Waals surface area contributed by atoms with Crippen LogP contribution in [0, 0.1) is 17.2 Å². The molecule has 3 nitrogen and oxygen atoms in total. The van der Waals surface area contributed by atoms with Gasteiger partial charge in [-0.2, -0.15) is 5.26 Å². The van der Waals surface area contributed by atoms with E-state index in [1.807, 2.05) is 24.1 Å². The number of anilines is 1. The van der Waals surface area contributed by atoms with Gasteiger partial charge in [0.1, 0.15) is 0 Å². The number of nitrogens with zero attached hydrogens (tertiary/aromatic N) is 2. The largest absolute Gasteiger partial charge is 0.367 e. The van der Waals surface area contributed by atoms with Crippen LogP contribution in [-0.2, 0) is 4.79 Å². The molecule has 3 heteroatoms. The first-order chi connectivity index (χ1) is 7.70. The molecule has 0 atom stereocenters. The van der Waals surface area contributed by atoms with Crippen LogP contribution in [0.15, 0.2) is 24.3 Å². The Kier molecular flexibility index (Phi) is 2.91. The summed E-state index contributed by atoms with van der Waals surface area (Å²) in [6.07, 6.45) is 2.09. The summed E-state index contributed by atoms with van der Waals surface area (Å²) in [5.41, 5.74) is 1.55. The van der Waals surface area contributed by atoms with Gasteiger partial charge in [-0.05, 0) is 31.0 Å². The highest BCUT2D eigenvalue weighted by molar-refractivity contribution is 5.87. The number of hydrogen-bond acceptors (Lipinski definition) is 3. The van der Waals surface area contributed by atoms with Crippen LogP contribution in [0.25, 0.3) is 0 Å². The molecule has 82 valence electrons. The van der Waals surface area contributed by atoms with E-state index >= 15 is 0 Å². The fourth-order valence-electron chi connectivity index (χ4n) is 1.67. The van der Waals surface area contributed by atoms with Gasteiger partial charge in [0, 0.05) is 18.7 Å². The Hall–Kier alpha value is -1.82. The van der Waals surface area contributed by atoms with E-state index in [1.165, 1.54) is 0 Å². The summed E-state index contributed by atoms with van der Waals surface area (Å²) in [5, 5.41) is 8.79. The monoisotopic (exact) mass is 214 g/mol. The second kappa shape index (κ2) is 4.36. The maximum Gasteiger partial charge on any atom is 0.155 e. The zero-order valence-corrected chi connectivity index (χ0v) is 9.31. The Bertz CT molecular complexity index is 443. The third-order valence-electron chi connectivity index (χ3n) is 2.84. The number of carbonyl (C=O) groups excluding carboxylic acids is 1. The molecule has 0 spiro atoms. The van der Waals surface area contributed by atoms with Gasteiger partial charge in [-0.25, -0.2) is 0 Å². The molecule has 1 aliphatic carbocycles. The van der Waals surface area contributed by atoms with Gasteiger partial charge in [-0.15, -0.1) is 0 Å². The molecular weight excluding hydrogens is 200 g/mol. The molecule has 0 radical (unpaired) electrons. The SMILES string of the molecule is CN(CC(=O)C1CC1)c1cccc(C#N)c1. The molecule has 1 fully saturated rings. The molecule has 1 aromatic rings. The van der Waals surface area contributed by atoms with Gasteiger partial charge in [0.2, 0.25) is 0 Å². The molecule has 0 heterocycles. The van der Waals surface area contributed by atoms with Crippen LogP contribution in [0.4, 0.5) is 5.69 Å². The Morgan fingerprint density at radius 2 is 2.31 bits per heavy atom. The van der Waals surface area contributed by atoms with E-state index in [0.717, 1.165) is 18.5 Å². The van der Waals surface area contributed by atoms with Crippen LogP contribution >= 0.6 is 0 Å². The Morgan fingerprint density at radius 3 is 2.94 bits per heavy atom. The molecule has 0 saturated heterocycles. The highest BCUT2D eigenvalue weighted by Gasteiger charge is 2.29. The van der Waals surface area contributed by atoms with Crippen molar-refractivity contribution in [1.29, 1.82) is 5.26 Å². The van der Waals surface area contributed by atoms with E-state index in [-0.39, 0.29) is 0 Å². The summed E-state index contributed by atoms with van der Waals surface area (Å²) in [6, 6.07) is 9.43. The molecule has 0 aliphatic heterocycles. The quantitative estimate of drug-likeness (QED) is 0.769. The third kappa shape index (κ3) is 2.40. The molecule has 1 aromatic carbocycles. The van der Waals surface area contributed by atoms with Crippen molar-refractivity contribution in [3.8, 4) is 6.07 Å². The molecule has 0 unspecified atom stereocenters. The van der Waals surface area contributed by atoms with E-state index in [2.05, 4.69) is 6.07 Å². The average Bonchev–Trinajstić information content (AvgIpc) is 3.13. The van der Waals surface area contributed by atoms with E-state index in [0.29, 0.717) is 23.8 Å². The number of Topliss-reactive ketones (excluding diaryl/α,β-unsaturated/α-hetero) is 1. The topological polar surface area (TPSA) is 44.1 Å². The predicted molar refractivity (Wildman–Crippen MR) is 62.2 cm³/mol. The number of hydrogen-bond donors (Lipinski definition) is 0. The van der Waals surface area contributed by atoms with Crippen molar-refractivity contribution in [2.75, 3.05) is 18.5 Å². The Balaban J connectivity index is 2.04. The maximum absolute atomic E-state index is 11.6. The smallest absolute Gasteiger partial charge is 0.155 e. The van der Waals surface area contributed by atoms with Gasteiger partial charge in [-0.1, -0.05) is 6.07 Å². The summed E-state index contributed by atoms with van der Waals surface area (Å²) in [5.74, 6) is 0.603. The summed E-state index contributed by atoms with van der Waals surface area (Å²) in [6.45, 7) is 0.444. The fraction of sp³-hybridized carbons (Fsp3) is 0.385. The van der Waals surface area contributed by atoms with Crippen molar-refractivity contribution in [2.24, 2.45) is 5.92 Å². The normalized spacial score (nSPS) is 14.2. The van der Waals surface area contributed by atoms with E-state index in [4.69, 9.17) is 5.26 Å². The van der Waals surface area contributed by atoms with Crippen LogP contribution in [0.2, 0.25) is 0 Å². The molecule has 2 rings (SSSR count). The van der Waals surface area contributed by atoms with Crippen molar-refractivity contribution in [3.63, 3.8) is 0 Å². The van der Waals surface area contributed by atoms with Crippen LogP contribution < -0.4 is 4.90 Å². The first-order valence-electron chi connectivity index (χ1n) is 5.44. The number of likely N-dealkylation sites (N-methyl/N-ethyl adjacent to an activating group) is 1. The van der Waals surface area contributed by atoms with Gasteiger partial charge < -0.3 is 4.90 Å². The number of ketones is 1. The molecule has 0 bridgehead atoms. The third-order valence-corrected chi connectivity index (χ3v) is 2.84. The molecule has 1 aliphatic rings. The first kappa shape index (κ1) is 10.7. The summed E-state index contributed by atoms with van der Waals surface area (Å²) in [4.78, 5) is 13.5. The van der Waals surface area contributed by atoms with Crippen LogP contribution in [0.5, 0.6) is 0 Å².